The standard InChI is InChI=1S/C61H71BN2O/c1-36-28-50-54-51(29-36)64(40-19-21-43-45(33-40)59(8,9)25-23-57(43,4)5)55-53(41-34-46-47(35-52(41)65-55)61(12,13)27-26-60(46,10)11)62(54)48-30-37-16-14-15-17-38(37)31-49(48)63(50)39-18-20-42-44(32-39)58(6,7)24-22-56(42,2)3/h18-21,28-35H,14-17,22-27H2,1-13H3. The van der Waals surface area contributed by atoms with Gasteiger partial charge in [-0.1, -0.05) is 101 Å². The highest BCUT2D eigenvalue weighted by atomic mass is 16.4. The van der Waals surface area contributed by atoms with Gasteiger partial charge in [0.15, 0.2) is 0 Å². The topological polar surface area (TPSA) is 19.6 Å². The summed E-state index contributed by atoms with van der Waals surface area (Å²) >= 11 is 0. The summed E-state index contributed by atoms with van der Waals surface area (Å²) in [6.07, 6.45) is 11.9. The first-order chi connectivity index (χ1) is 30.6. The Morgan fingerprint density at radius 2 is 0.892 bits per heavy atom. The molecule has 4 aliphatic carbocycles. The molecular weight excluding hydrogens is 787 g/mol. The number of anilines is 6. The number of benzene rings is 5. The molecule has 3 heterocycles. The largest absolute Gasteiger partial charge is 0.440 e. The van der Waals surface area contributed by atoms with E-state index in [4.69, 9.17) is 4.42 Å². The third-order valence-electron chi connectivity index (χ3n) is 18.5. The lowest BCUT2D eigenvalue weighted by atomic mass is 9.33. The molecule has 0 fully saturated rings. The van der Waals surface area contributed by atoms with Crippen molar-refractivity contribution in [2.45, 2.75) is 187 Å². The van der Waals surface area contributed by atoms with Crippen LogP contribution in [0.1, 0.15) is 185 Å². The summed E-state index contributed by atoms with van der Waals surface area (Å²) in [5.41, 5.74) is 25.4. The lowest BCUT2D eigenvalue weighted by molar-refractivity contribution is 0.332. The fraction of sp³-hybridized carbons (Fsp3) is 0.475. The Hall–Kier alpha value is -4.70. The summed E-state index contributed by atoms with van der Waals surface area (Å²) in [4.78, 5) is 5.26. The highest BCUT2D eigenvalue weighted by Crippen LogP contribution is 2.54. The van der Waals surface area contributed by atoms with Crippen molar-refractivity contribution in [1.29, 1.82) is 0 Å². The second-order valence-corrected chi connectivity index (χ2v) is 25.7. The summed E-state index contributed by atoms with van der Waals surface area (Å²) in [7, 11) is 0. The van der Waals surface area contributed by atoms with Crippen molar-refractivity contribution in [3.05, 3.63) is 123 Å². The van der Waals surface area contributed by atoms with Crippen molar-refractivity contribution in [3.63, 3.8) is 0 Å². The van der Waals surface area contributed by atoms with Gasteiger partial charge >= 0.3 is 0 Å². The Bertz CT molecular complexity index is 3040. The summed E-state index contributed by atoms with van der Waals surface area (Å²) in [6, 6.07) is 30.3. The van der Waals surface area contributed by atoms with Crippen molar-refractivity contribution in [3.8, 4) is 0 Å². The lowest BCUT2D eigenvalue weighted by Crippen LogP contribution is -2.61. The molecule has 334 valence electrons. The number of fused-ring (bicyclic) bond motifs is 10. The van der Waals surface area contributed by atoms with Crippen LogP contribution in [-0.4, -0.2) is 6.71 Å². The van der Waals surface area contributed by atoms with Crippen LogP contribution in [0.2, 0.25) is 0 Å². The van der Waals surface area contributed by atoms with Crippen molar-refractivity contribution < 1.29 is 4.42 Å². The molecular formula is C61H71BN2O. The molecule has 0 unspecified atom stereocenters. The van der Waals surface area contributed by atoms with Crippen molar-refractivity contribution in [2.24, 2.45) is 0 Å². The first-order valence-electron chi connectivity index (χ1n) is 25.4. The maximum absolute atomic E-state index is 7.57. The molecule has 5 aromatic carbocycles. The molecule has 0 N–H and O–H groups in total. The molecule has 0 saturated heterocycles. The number of hydrogen-bond acceptors (Lipinski definition) is 3. The molecule has 0 atom stereocenters. The van der Waals surface area contributed by atoms with Gasteiger partial charge in [0.25, 0.3) is 6.71 Å². The summed E-state index contributed by atoms with van der Waals surface area (Å²) < 4.78 is 7.57. The van der Waals surface area contributed by atoms with Crippen molar-refractivity contribution in [1.82, 2.24) is 0 Å². The van der Waals surface area contributed by atoms with Crippen LogP contribution in [0.5, 0.6) is 0 Å². The van der Waals surface area contributed by atoms with E-state index in [2.05, 4.69) is 173 Å². The summed E-state index contributed by atoms with van der Waals surface area (Å²) in [5.74, 6) is 0.995. The predicted molar refractivity (Wildman–Crippen MR) is 277 cm³/mol. The van der Waals surface area contributed by atoms with Crippen molar-refractivity contribution >= 4 is 68.4 Å². The van der Waals surface area contributed by atoms with Crippen LogP contribution in [0.3, 0.4) is 0 Å². The number of rotatable bonds is 2. The van der Waals surface area contributed by atoms with Crippen LogP contribution in [0.15, 0.2) is 77.2 Å². The zero-order valence-electron chi connectivity index (χ0n) is 41.9. The fourth-order valence-corrected chi connectivity index (χ4v) is 13.9. The van der Waals surface area contributed by atoms with E-state index in [0.717, 1.165) is 24.3 Å². The quantitative estimate of drug-likeness (QED) is 0.162. The van der Waals surface area contributed by atoms with Crippen molar-refractivity contribution in [2.75, 3.05) is 9.80 Å². The summed E-state index contributed by atoms with van der Waals surface area (Å²) in [6.45, 7) is 31.8. The van der Waals surface area contributed by atoms with Gasteiger partial charge in [0.2, 0.25) is 5.88 Å². The van der Waals surface area contributed by atoms with Crippen LogP contribution in [-0.2, 0) is 45.3 Å². The minimum Gasteiger partial charge on any atom is -0.440 e. The first kappa shape index (κ1) is 41.7. The van der Waals surface area contributed by atoms with E-state index in [0.29, 0.717) is 0 Å². The number of nitrogens with zero attached hydrogens (tertiary/aromatic N) is 2. The molecule has 65 heavy (non-hydrogen) atoms. The van der Waals surface area contributed by atoms with Crippen LogP contribution in [0.25, 0.3) is 11.0 Å². The first-order valence-corrected chi connectivity index (χ1v) is 25.4. The normalized spacial score (nSPS) is 22.0. The molecule has 6 aromatic rings. The highest BCUT2D eigenvalue weighted by Gasteiger charge is 2.49. The minimum absolute atomic E-state index is 0.0188. The van der Waals surface area contributed by atoms with Crippen LogP contribution >= 0.6 is 0 Å². The number of aryl methyl sites for hydroxylation is 3. The van der Waals surface area contributed by atoms with Gasteiger partial charge < -0.3 is 9.32 Å². The molecule has 6 aliphatic rings. The van der Waals surface area contributed by atoms with Crippen LogP contribution in [0, 0.1) is 6.92 Å². The molecule has 0 bridgehead atoms. The van der Waals surface area contributed by atoms with E-state index in [1.54, 1.807) is 0 Å². The van der Waals surface area contributed by atoms with Gasteiger partial charge in [-0.3, -0.25) is 4.90 Å². The van der Waals surface area contributed by atoms with Gasteiger partial charge in [0, 0.05) is 39.3 Å². The highest BCUT2D eigenvalue weighted by molar-refractivity contribution is 7.01. The van der Waals surface area contributed by atoms with Gasteiger partial charge in [-0.05, 0) is 219 Å². The minimum atomic E-state index is 0.0188. The van der Waals surface area contributed by atoms with E-state index in [1.165, 1.54) is 152 Å². The van der Waals surface area contributed by atoms with Gasteiger partial charge in [-0.25, -0.2) is 0 Å². The van der Waals surface area contributed by atoms with Gasteiger partial charge in [0.05, 0.1) is 0 Å². The zero-order chi connectivity index (χ0) is 45.5. The Morgan fingerprint density at radius 3 is 1.43 bits per heavy atom. The maximum Gasteiger partial charge on any atom is 0.257 e. The third kappa shape index (κ3) is 5.92. The molecule has 0 spiro atoms. The SMILES string of the molecule is Cc1cc2c3c(c1)N(c1ccc4c(c1)C(C)(C)CCC4(C)C)c1oc4cc5c(cc4c1B3c1cc3c(cc1N2c1ccc2c(c1)C(C)(C)CCC2(C)C)CCCC3)C(C)(C)CCC5(C)C. The predicted octanol–water partition coefficient (Wildman–Crippen LogP) is 14.7. The van der Waals surface area contributed by atoms with Crippen LogP contribution < -0.4 is 26.2 Å². The average Bonchev–Trinajstić information content (AvgIpc) is 3.62. The Balaban J connectivity index is 1.19. The van der Waals surface area contributed by atoms with E-state index < -0.39 is 0 Å². The van der Waals surface area contributed by atoms with E-state index in [-0.39, 0.29) is 39.2 Å². The Morgan fingerprint density at radius 1 is 0.446 bits per heavy atom. The molecule has 0 saturated carbocycles. The monoisotopic (exact) mass is 859 g/mol. The molecule has 12 rings (SSSR count). The molecule has 4 heteroatoms. The zero-order valence-corrected chi connectivity index (χ0v) is 41.9. The average molecular weight is 859 g/mol. The van der Waals surface area contributed by atoms with E-state index in [9.17, 15) is 0 Å². The van der Waals surface area contributed by atoms with E-state index >= 15 is 0 Å². The van der Waals surface area contributed by atoms with Gasteiger partial charge in [-0.15, -0.1) is 0 Å². The number of furan rings is 1. The lowest BCUT2D eigenvalue weighted by Gasteiger charge is -2.45. The maximum atomic E-state index is 7.57. The Kier molecular flexibility index (Phi) is 8.51. The van der Waals surface area contributed by atoms with Gasteiger partial charge in [0.1, 0.15) is 5.58 Å². The molecule has 1 aromatic heterocycles. The van der Waals surface area contributed by atoms with E-state index in [1.807, 2.05) is 0 Å². The molecule has 3 nitrogen and oxygen atoms in total. The second kappa shape index (κ2) is 13.3. The third-order valence-corrected chi connectivity index (χ3v) is 18.5. The smallest absolute Gasteiger partial charge is 0.257 e. The Labute approximate surface area is 390 Å². The molecule has 0 amide bonds. The van der Waals surface area contributed by atoms with Crippen LogP contribution in [0.4, 0.5) is 34.3 Å². The summed E-state index contributed by atoms with van der Waals surface area (Å²) in [5, 5.41) is 1.28. The molecule has 0 radical (unpaired) electrons. The second-order valence-electron chi connectivity index (χ2n) is 25.7. The number of hydrogen-bond donors (Lipinski definition) is 0. The van der Waals surface area contributed by atoms with Gasteiger partial charge in [-0.2, -0.15) is 0 Å². The molecule has 2 aliphatic heterocycles. The fourth-order valence-electron chi connectivity index (χ4n) is 13.9.